The van der Waals surface area contributed by atoms with E-state index in [0.717, 1.165) is 39.5 Å². The molecule has 6 nitrogen and oxygen atoms in total. The zero-order chi connectivity index (χ0) is 19.3. The van der Waals surface area contributed by atoms with Gasteiger partial charge in [-0.3, -0.25) is 0 Å². The second-order valence-electron chi connectivity index (χ2n) is 6.60. The van der Waals surface area contributed by atoms with Crippen LogP contribution in [0.4, 0.5) is 17.3 Å². The fourth-order valence-electron chi connectivity index (χ4n) is 2.80. The summed E-state index contributed by atoms with van der Waals surface area (Å²) < 4.78 is 5.84. The first-order chi connectivity index (χ1) is 13.7. The Bertz CT molecular complexity index is 1070. The number of hydrogen-bond donors (Lipinski definition) is 1. The summed E-state index contributed by atoms with van der Waals surface area (Å²) in [6, 6.07) is 19.9. The van der Waals surface area contributed by atoms with Crippen molar-refractivity contribution in [2.45, 2.75) is 6.61 Å². The Kier molecular flexibility index (Phi) is 5.01. The number of nitrogens with one attached hydrogen (secondary N) is 1. The molecule has 0 unspecified atom stereocenters. The number of benzene rings is 2. The van der Waals surface area contributed by atoms with E-state index in [1.54, 1.807) is 12.5 Å². The van der Waals surface area contributed by atoms with E-state index in [9.17, 15) is 0 Å². The van der Waals surface area contributed by atoms with Crippen molar-refractivity contribution in [3.63, 3.8) is 0 Å². The number of nitrogens with zero attached hydrogens (tertiary/aromatic N) is 4. The number of fused-ring (bicyclic) bond motifs is 1. The third-order valence-electron chi connectivity index (χ3n) is 4.33. The predicted molar refractivity (Wildman–Crippen MR) is 112 cm³/mol. The van der Waals surface area contributed by atoms with Crippen LogP contribution >= 0.6 is 0 Å². The molecule has 0 spiro atoms. The molecule has 0 radical (unpaired) electrons. The van der Waals surface area contributed by atoms with Gasteiger partial charge in [-0.1, -0.05) is 30.3 Å². The molecule has 1 N–H and O–H groups in total. The van der Waals surface area contributed by atoms with Crippen molar-refractivity contribution in [2.24, 2.45) is 0 Å². The smallest absolute Gasteiger partial charge is 0.141 e. The lowest BCUT2D eigenvalue weighted by Gasteiger charge is -2.13. The highest BCUT2D eigenvalue weighted by Gasteiger charge is 2.07. The van der Waals surface area contributed by atoms with E-state index in [4.69, 9.17) is 4.74 Å². The first-order valence-electron chi connectivity index (χ1n) is 9.01. The van der Waals surface area contributed by atoms with Crippen LogP contribution in [0.25, 0.3) is 10.9 Å². The van der Waals surface area contributed by atoms with Crippen LogP contribution in [0.15, 0.2) is 73.2 Å². The van der Waals surface area contributed by atoms with Crippen LogP contribution in [0.1, 0.15) is 5.56 Å². The molecule has 0 atom stereocenters. The summed E-state index contributed by atoms with van der Waals surface area (Å²) in [4.78, 5) is 15.1. The molecular formula is C22H21N5O. The number of rotatable bonds is 6. The third kappa shape index (κ3) is 4.01. The first kappa shape index (κ1) is 17.7. The van der Waals surface area contributed by atoms with Gasteiger partial charge in [0, 0.05) is 25.2 Å². The van der Waals surface area contributed by atoms with E-state index in [2.05, 4.69) is 20.3 Å². The molecule has 28 heavy (non-hydrogen) atoms. The Morgan fingerprint density at radius 1 is 0.929 bits per heavy atom. The van der Waals surface area contributed by atoms with Gasteiger partial charge in [0.05, 0.1) is 11.7 Å². The highest BCUT2D eigenvalue weighted by molar-refractivity contribution is 5.91. The molecule has 4 aromatic rings. The van der Waals surface area contributed by atoms with Crippen molar-refractivity contribution < 1.29 is 4.74 Å². The fraction of sp³-hybridized carbons (Fsp3) is 0.136. The largest absolute Gasteiger partial charge is 0.489 e. The summed E-state index contributed by atoms with van der Waals surface area (Å²) in [6.45, 7) is 0.546. The number of aromatic nitrogens is 3. The monoisotopic (exact) mass is 371 g/mol. The average Bonchev–Trinajstić information content (AvgIpc) is 2.74. The Labute approximate surface area is 163 Å². The maximum Gasteiger partial charge on any atom is 0.141 e. The molecule has 0 saturated carbocycles. The van der Waals surface area contributed by atoms with Crippen LogP contribution in [-0.4, -0.2) is 29.0 Å². The van der Waals surface area contributed by atoms with Gasteiger partial charge in [0.2, 0.25) is 0 Å². The highest BCUT2D eigenvalue weighted by Crippen LogP contribution is 2.26. The summed E-state index contributed by atoms with van der Waals surface area (Å²) in [6.07, 6.45) is 3.30. The quantitative estimate of drug-likeness (QED) is 0.541. The van der Waals surface area contributed by atoms with Crippen LogP contribution < -0.4 is 15.0 Å². The Morgan fingerprint density at radius 3 is 2.46 bits per heavy atom. The average molecular weight is 371 g/mol. The number of hydrogen-bond acceptors (Lipinski definition) is 6. The van der Waals surface area contributed by atoms with E-state index in [1.165, 1.54) is 0 Å². The first-order valence-corrected chi connectivity index (χ1v) is 9.01. The molecule has 4 rings (SSSR count). The lowest BCUT2D eigenvalue weighted by molar-refractivity contribution is 0.306. The summed E-state index contributed by atoms with van der Waals surface area (Å²) in [5.41, 5.74) is 2.86. The van der Waals surface area contributed by atoms with Crippen molar-refractivity contribution in [1.82, 2.24) is 15.0 Å². The van der Waals surface area contributed by atoms with Crippen LogP contribution in [0.2, 0.25) is 0 Å². The summed E-state index contributed by atoms with van der Waals surface area (Å²) in [5.74, 6) is 2.42. The van der Waals surface area contributed by atoms with Crippen LogP contribution in [0, 0.1) is 0 Å². The van der Waals surface area contributed by atoms with Gasteiger partial charge in [0.25, 0.3) is 0 Å². The molecule has 0 bridgehead atoms. The molecule has 140 valence electrons. The Hall–Kier alpha value is -3.67. The summed E-state index contributed by atoms with van der Waals surface area (Å²) >= 11 is 0. The second kappa shape index (κ2) is 7.92. The Morgan fingerprint density at radius 2 is 1.71 bits per heavy atom. The van der Waals surface area contributed by atoms with E-state index in [0.29, 0.717) is 6.61 Å². The summed E-state index contributed by atoms with van der Waals surface area (Å²) in [5, 5.41) is 4.28. The maximum absolute atomic E-state index is 5.84. The molecule has 6 heteroatoms. The standard InChI is InChI=1S/C22H21N5O/c1-27(2)21-12-19-20(13-23-21)24-15-25-22(19)26-17-8-10-18(11-9-17)28-14-16-6-4-3-5-7-16/h3-13,15H,14H2,1-2H3,(H,24,25,26). The van der Waals surface area contributed by atoms with Gasteiger partial charge in [0.15, 0.2) is 0 Å². The van der Waals surface area contributed by atoms with Gasteiger partial charge in [-0.25, -0.2) is 15.0 Å². The topological polar surface area (TPSA) is 63.2 Å². The van der Waals surface area contributed by atoms with Crippen molar-refractivity contribution >= 4 is 28.2 Å². The van der Waals surface area contributed by atoms with E-state index >= 15 is 0 Å². The third-order valence-corrected chi connectivity index (χ3v) is 4.33. The molecule has 0 amide bonds. The minimum atomic E-state index is 0.546. The SMILES string of the molecule is CN(C)c1cc2c(Nc3ccc(OCc4ccccc4)cc3)ncnc2cn1. The minimum Gasteiger partial charge on any atom is -0.489 e. The van der Waals surface area contributed by atoms with Gasteiger partial charge in [0.1, 0.15) is 30.3 Å². The van der Waals surface area contributed by atoms with Gasteiger partial charge >= 0.3 is 0 Å². The molecular weight excluding hydrogens is 350 g/mol. The Balaban J connectivity index is 1.50. The number of ether oxygens (including phenoxy) is 1. The minimum absolute atomic E-state index is 0.546. The predicted octanol–water partition coefficient (Wildman–Crippen LogP) is 4.41. The van der Waals surface area contributed by atoms with E-state index < -0.39 is 0 Å². The zero-order valence-corrected chi connectivity index (χ0v) is 15.8. The molecule has 0 fully saturated rings. The van der Waals surface area contributed by atoms with Gasteiger partial charge in [-0.2, -0.15) is 0 Å². The van der Waals surface area contributed by atoms with Crippen molar-refractivity contribution in [2.75, 3.05) is 24.3 Å². The van der Waals surface area contributed by atoms with E-state index in [-0.39, 0.29) is 0 Å². The molecule has 0 aliphatic rings. The van der Waals surface area contributed by atoms with E-state index in [1.807, 2.05) is 79.7 Å². The highest BCUT2D eigenvalue weighted by atomic mass is 16.5. The van der Waals surface area contributed by atoms with Crippen LogP contribution in [0.5, 0.6) is 5.75 Å². The van der Waals surface area contributed by atoms with Crippen LogP contribution in [0.3, 0.4) is 0 Å². The van der Waals surface area contributed by atoms with Crippen molar-refractivity contribution in [1.29, 1.82) is 0 Å². The molecule has 0 aliphatic heterocycles. The van der Waals surface area contributed by atoms with Crippen molar-refractivity contribution in [3.05, 3.63) is 78.8 Å². The van der Waals surface area contributed by atoms with Gasteiger partial charge in [-0.15, -0.1) is 0 Å². The maximum atomic E-state index is 5.84. The molecule has 2 aromatic carbocycles. The molecule has 0 aliphatic carbocycles. The number of anilines is 3. The molecule has 2 heterocycles. The molecule has 0 saturated heterocycles. The zero-order valence-electron chi connectivity index (χ0n) is 15.8. The van der Waals surface area contributed by atoms with Gasteiger partial charge < -0.3 is 15.0 Å². The second-order valence-corrected chi connectivity index (χ2v) is 6.60. The number of pyridine rings is 1. The van der Waals surface area contributed by atoms with Gasteiger partial charge in [-0.05, 0) is 35.9 Å². The lowest BCUT2D eigenvalue weighted by atomic mass is 10.2. The fourth-order valence-corrected chi connectivity index (χ4v) is 2.80. The summed E-state index contributed by atoms with van der Waals surface area (Å²) in [7, 11) is 3.92. The van der Waals surface area contributed by atoms with Crippen molar-refractivity contribution in [3.8, 4) is 5.75 Å². The lowest BCUT2D eigenvalue weighted by Crippen LogP contribution is -2.10. The normalized spacial score (nSPS) is 10.6. The molecule has 2 aromatic heterocycles. The van der Waals surface area contributed by atoms with Crippen LogP contribution in [-0.2, 0) is 6.61 Å².